The molecule has 3 fully saturated rings. The summed E-state index contributed by atoms with van der Waals surface area (Å²) in [6.45, 7) is 1.57. The molecular formula is C29H30Cl2F4N2O5. The molecule has 1 N–H and O–H groups in total. The highest BCUT2D eigenvalue weighted by molar-refractivity contribution is 6.34. The molecule has 0 aromatic heterocycles. The minimum Gasteiger partial charge on any atom is -0.480 e. The second-order valence-electron chi connectivity index (χ2n) is 11.1. The van der Waals surface area contributed by atoms with Crippen molar-refractivity contribution in [2.75, 3.05) is 19.8 Å². The largest absolute Gasteiger partial charge is 0.480 e. The van der Waals surface area contributed by atoms with Gasteiger partial charge in [-0.15, -0.1) is 0 Å². The Bertz CT molecular complexity index is 1330. The maximum atomic E-state index is 15.3. The number of rotatable bonds is 8. The molecule has 0 unspecified atom stereocenters. The first-order valence-corrected chi connectivity index (χ1v) is 14.4. The van der Waals surface area contributed by atoms with Crippen LogP contribution in [0.1, 0.15) is 71.6 Å². The molecule has 228 valence electrons. The first-order chi connectivity index (χ1) is 19.8. The highest BCUT2D eigenvalue weighted by atomic mass is 35.5. The number of nitrogens with zero attached hydrogens (tertiary/aromatic N) is 2. The number of ether oxygens (including phenoxy) is 2. The molecule has 13 heteroatoms. The average Bonchev–Trinajstić information content (AvgIpc) is 3.67. The van der Waals surface area contributed by atoms with Crippen LogP contribution in [0.2, 0.25) is 10.0 Å². The van der Waals surface area contributed by atoms with E-state index in [0.29, 0.717) is 18.4 Å². The van der Waals surface area contributed by atoms with Crippen LogP contribution in [0.3, 0.4) is 0 Å². The van der Waals surface area contributed by atoms with Gasteiger partial charge in [-0.25, -0.2) is 9.18 Å². The fourth-order valence-corrected chi connectivity index (χ4v) is 6.38. The summed E-state index contributed by atoms with van der Waals surface area (Å²) in [5, 5.41) is 9.78. The number of piperidine rings is 1. The van der Waals surface area contributed by atoms with Gasteiger partial charge in [0.15, 0.2) is 6.04 Å². The van der Waals surface area contributed by atoms with Crippen molar-refractivity contribution in [2.24, 2.45) is 0 Å². The summed E-state index contributed by atoms with van der Waals surface area (Å²) in [5.74, 6) is -2.66. The number of alkyl halides is 3. The van der Waals surface area contributed by atoms with Gasteiger partial charge >= 0.3 is 12.1 Å². The standard InChI is InChI=1S/C29H30Cl2F4N2O5/c1-15-25(28(39)40)37(14-42-15)27(38)23-12-22(16-2-3-16)18(10-24(23)32)13-41-21-4-6-36(7-5-21)26(29(33,34)35)17-8-19(30)11-20(31)9-17/h8-12,15-16,21,25-26H,2-7,13-14H2,1H3,(H,39,40)/t15-,25+,26+/m1/s1. The van der Waals surface area contributed by atoms with Crippen LogP contribution in [-0.4, -0.2) is 71.0 Å². The third kappa shape index (κ3) is 6.70. The number of carboxylic acids is 1. The molecule has 1 saturated carbocycles. The minimum atomic E-state index is -4.54. The normalized spacial score (nSPS) is 22.9. The molecule has 3 atom stereocenters. The monoisotopic (exact) mass is 632 g/mol. The van der Waals surface area contributed by atoms with E-state index in [1.165, 1.54) is 35.2 Å². The maximum Gasteiger partial charge on any atom is 0.408 e. The Morgan fingerprint density at radius 2 is 1.71 bits per heavy atom. The molecule has 3 aliphatic rings. The Kier molecular flexibility index (Phi) is 9.06. The highest BCUT2D eigenvalue weighted by Gasteiger charge is 2.46. The van der Waals surface area contributed by atoms with Gasteiger partial charge in [0.05, 0.1) is 24.4 Å². The van der Waals surface area contributed by atoms with Gasteiger partial charge in [-0.3, -0.25) is 14.6 Å². The number of carboxylic acid groups (broad SMARTS) is 1. The summed E-state index contributed by atoms with van der Waals surface area (Å²) in [4.78, 5) is 27.2. The number of carbonyl (C=O) groups is 2. The van der Waals surface area contributed by atoms with E-state index in [2.05, 4.69) is 0 Å². The summed E-state index contributed by atoms with van der Waals surface area (Å²) in [6, 6.07) is 3.57. The third-order valence-corrected chi connectivity index (χ3v) is 8.51. The SMILES string of the molecule is C[C@H]1OCN(C(=O)c2cc(C3CC3)c(COC3CCN([C@@H](c4cc(Cl)cc(Cl)c4)C(F)(F)F)CC3)cc2F)[C@@H]1C(=O)O. The molecule has 1 amide bonds. The van der Waals surface area contributed by atoms with Crippen molar-refractivity contribution in [3.8, 4) is 0 Å². The van der Waals surface area contributed by atoms with E-state index >= 15 is 4.39 Å². The number of benzene rings is 2. The zero-order valence-electron chi connectivity index (χ0n) is 22.7. The van der Waals surface area contributed by atoms with Gasteiger partial charge in [-0.2, -0.15) is 13.2 Å². The van der Waals surface area contributed by atoms with Crippen molar-refractivity contribution < 1.29 is 41.7 Å². The first kappa shape index (κ1) is 31.0. The predicted molar refractivity (Wildman–Crippen MR) is 146 cm³/mol. The molecule has 2 saturated heterocycles. The lowest BCUT2D eigenvalue weighted by Crippen LogP contribution is -2.44. The van der Waals surface area contributed by atoms with E-state index in [1.54, 1.807) is 6.92 Å². The molecular weight excluding hydrogens is 603 g/mol. The Labute approximate surface area is 250 Å². The van der Waals surface area contributed by atoms with Crippen LogP contribution < -0.4 is 0 Å². The Morgan fingerprint density at radius 3 is 2.29 bits per heavy atom. The second-order valence-corrected chi connectivity index (χ2v) is 11.9. The summed E-state index contributed by atoms with van der Waals surface area (Å²) >= 11 is 11.9. The number of carbonyl (C=O) groups excluding carboxylic acids is 1. The van der Waals surface area contributed by atoms with Crippen molar-refractivity contribution in [1.82, 2.24) is 9.80 Å². The molecule has 7 nitrogen and oxygen atoms in total. The number of halogens is 6. The fraction of sp³-hybridized carbons (Fsp3) is 0.517. The number of amides is 1. The Balaban J connectivity index is 1.26. The van der Waals surface area contributed by atoms with Gasteiger partial charge in [-0.05, 0) is 85.5 Å². The van der Waals surface area contributed by atoms with Crippen molar-refractivity contribution in [3.05, 3.63) is 68.4 Å². The van der Waals surface area contributed by atoms with Crippen LogP contribution in [0.4, 0.5) is 17.6 Å². The molecule has 2 aromatic carbocycles. The van der Waals surface area contributed by atoms with E-state index in [1.807, 2.05) is 0 Å². The maximum absolute atomic E-state index is 15.3. The van der Waals surface area contributed by atoms with Crippen LogP contribution in [-0.2, 0) is 20.9 Å². The molecule has 2 aliphatic heterocycles. The summed E-state index contributed by atoms with van der Waals surface area (Å²) < 4.78 is 68.9. The minimum absolute atomic E-state index is 0.0248. The topological polar surface area (TPSA) is 79.3 Å². The van der Waals surface area contributed by atoms with E-state index in [-0.39, 0.29) is 59.6 Å². The molecule has 0 bridgehead atoms. The molecule has 1 aliphatic carbocycles. The second kappa shape index (κ2) is 12.3. The predicted octanol–water partition coefficient (Wildman–Crippen LogP) is 6.57. The first-order valence-electron chi connectivity index (χ1n) is 13.7. The lowest BCUT2D eigenvalue weighted by molar-refractivity contribution is -0.192. The summed E-state index contributed by atoms with van der Waals surface area (Å²) in [7, 11) is 0. The molecule has 0 spiro atoms. The van der Waals surface area contributed by atoms with Crippen LogP contribution in [0.25, 0.3) is 0 Å². The van der Waals surface area contributed by atoms with E-state index < -0.39 is 42.1 Å². The van der Waals surface area contributed by atoms with Crippen molar-refractivity contribution >= 4 is 35.1 Å². The molecule has 2 aromatic rings. The van der Waals surface area contributed by atoms with E-state index in [9.17, 15) is 27.9 Å². The van der Waals surface area contributed by atoms with Gasteiger partial charge in [0.2, 0.25) is 0 Å². The van der Waals surface area contributed by atoms with Gasteiger partial charge in [-0.1, -0.05) is 23.2 Å². The molecule has 0 radical (unpaired) electrons. The van der Waals surface area contributed by atoms with E-state index in [0.717, 1.165) is 23.3 Å². The lowest BCUT2D eigenvalue weighted by Gasteiger charge is -2.38. The van der Waals surface area contributed by atoms with Crippen LogP contribution in [0, 0.1) is 5.82 Å². The van der Waals surface area contributed by atoms with Crippen molar-refractivity contribution in [1.29, 1.82) is 0 Å². The molecule has 42 heavy (non-hydrogen) atoms. The number of aliphatic carboxylic acids is 1. The summed E-state index contributed by atoms with van der Waals surface area (Å²) in [6.07, 6.45) is -3.22. The zero-order valence-corrected chi connectivity index (χ0v) is 24.2. The van der Waals surface area contributed by atoms with Crippen LogP contribution >= 0.6 is 23.2 Å². The lowest BCUT2D eigenvalue weighted by atomic mass is 9.98. The van der Waals surface area contributed by atoms with E-state index in [4.69, 9.17) is 32.7 Å². The summed E-state index contributed by atoms with van der Waals surface area (Å²) in [5.41, 5.74) is 1.07. The number of likely N-dealkylation sites (tertiary alicyclic amines) is 1. The van der Waals surface area contributed by atoms with Crippen LogP contribution in [0.15, 0.2) is 30.3 Å². The Morgan fingerprint density at radius 1 is 1.07 bits per heavy atom. The zero-order chi connectivity index (χ0) is 30.3. The highest BCUT2D eigenvalue weighted by Crippen LogP contribution is 2.44. The van der Waals surface area contributed by atoms with Gasteiger partial charge in [0.1, 0.15) is 18.6 Å². The van der Waals surface area contributed by atoms with Gasteiger partial charge < -0.3 is 14.6 Å². The van der Waals surface area contributed by atoms with Crippen LogP contribution in [0.5, 0.6) is 0 Å². The number of hydrogen-bond donors (Lipinski definition) is 1. The molecule has 2 heterocycles. The van der Waals surface area contributed by atoms with Crippen molar-refractivity contribution in [3.63, 3.8) is 0 Å². The third-order valence-electron chi connectivity index (χ3n) is 8.07. The quantitative estimate of drug-likeness (QED) is 0.332. The van der Waals surface area contributed by atoms with Gasteiger partial charge in [0, 0.05) is 23.1 Å². The molecule has 5 rings (SSSR count). The van der Waals surface area contributed by atoms with Gasteiger partial charge in [0.25, 0.3) is 5.91 Å². The number of hydrogen-bond acceptors (Lipinski definition) is 5. The van der Waals surface area contributed by atoms with Crippen molar-refractivity contribution in [2.45, 2.75) is 75.6 Å². The average molecular weight is 633 g/mol. The Hall–Kier alpha value is -2.44. The smallest absolute Gasteiger partial charge is 0.408 e. The fourth-order valence-electron chi connectivity index (χ4n) is 5.84.